The molecule has 0 radical (unpaired) electrons. The lowest BCUT2D eigenvalue weighted by Crippen LogP contribution is -2.35. The first-order valence-corrected chi connectivity index (χ1v) is 6.12. The molecule has 0 fully saturated rings. The molecular formula is C13H22N2O2. The maximum atomic E-state index is 10.8. The van der Waals surface area contributed by atoms with Gasteiger partial charge in [0, 0.05) is 31.8 Å². The number of carboxylic acids is 1. The minimum atomic E-state index is -0.906. The largest absolute Gasteiger partial charge is 0.477 e. The molecule has 1 rings (SSSR count). The van der Waals surface area contributed by atoms with Crippen LogP contribution in [-0.2, 0) is 4.79 Å². The van der Waals surface area contributed by atoms with Gasteiger partial charge in [-0.1, -0.05) is 13.8 Å². The molecular weight excluding hydrogens is 216 g/mol. The third-order valence-corrected chi connectivity index (χ3v) is 2.78. The fourth-order valence-electron chi connectivity index (χ4n) is 1.89. The smallest absolute Gasteiger partial charge is 0.350 e. The third kappa shape index (κ3) is 4.30. The van der Waals surface area contributed by atoms with Gasteiger partial charge < -0.3 is 5.11 Å². The Labute approximate surface area is 103 Å². The monoisotopic (exact) mass is 238 g/mol. The van der Waals surface area contributed by atoms with Crippen molar-refractivity contribution in [2.24, 2.45) is 10.9 Å². The van der Waals surface area contributed by atoms with Crippen molar-refractivity contribution in [1.82, 2.24) is 4.90 Å². The van der Waals surface area contributed by atoms with Crippen molar-refractivity contribution in [3.63, 3.8) is 0 Å². The summed E-state index contributed by atoms with van der Waals surface area (Å²) in [5.41, 5.74) is 1.35. The Morgan fingerprint density at radius 3 is 2.53 bits per heavy atom. The molecule has 0 bridgehead atoms. The van der Waals surface area contributed by atoms with Crippen LogP contribution in [0.4, 0.5) is 0 Å². The Kier molecular flexibility index (Phi) is 4.87. The SMILES string of the molecule is CC(C)CN(CC1=CN=C(C(=O)O)C1)C(C)C. The first-order chi connectivity index (χ1) is 7.90. The third-order valence-electron chi connectivity index (χ3n) is 2.78. The van der Waals surface area contributed by atoms with Crippen LogP contribution in [0.3, 0.4) is 0 Å². The summed E-state index contributed by atoms with van der Waals surface area (Å²) in [6.07, 6.45) is 2.19. The summed E-state index contributed by atoms with van der Waals surface area (Å²) in [6.45, 7) is 10.6. The average Bonchev–Trinajstić information content (AvgIpc) is 2.64. The molecule has 0 amide bonds. The van der Waals surface area contributed by atoms with E-state index >= 15 is 0 Å². The molecule has 1 aliphatic heterocycles. The zero-order chi connectivity index (χ0) is 13.0. The van der Waals surface area contributed by atoms with Crippen LogP contribution in [-0.4, -0.2) is 40.8 Å². The Bertz CT molecular complexity index is 343. The number of hydrogen-bond acceptors (Lipinski definition) is 3. The van der Waals surface area contributed by atoms with Crippen molar-refractivity contribution in [3.8, 4) is 0 Å². The molecule has 0 unspecified atom stereocenters. The fraction of sp³-hybridized carbons (Fsp3) is 0.692. The molecule has 0 atom stereocenters. The summed E-state index contributed by atoms with van der Waals surface area (Å²) in [5, 5.41) is 8.84. The zero-order valence-corrected chi connectivity index (χ0v) is 11.1. The molecule has 0 aliphatic carbocycles. The number of hydrogen-bond donors (Lipinski definition) is 1. The Morgan fingerprint density at radius 1 is 1.47 bits per heavy atom. The van der Waals surface area contributed by atoms with Gasteiger partial charge in [-0.15, -0.1) is 0 Å². The number of rotatable bonds is 6. The van der Waals surface area contributed by atoms with E-state index in [2.05, 4.69) is 37.6 Å². The summed E-state index contributed by atoms with van der Waals surface area (Å²) in [5.74, 6) is -0.296. The van der Waals surface area contributed by atoms with Crippen LogP contribution in [0, 0.1) is 5.92 Å². The van der Waals surface area contributed by atoms with Crippen LogP contribution < -0.4 is 0 Å². The minimum absolute atomic E-state index is 0.258. The van der Waals surface area contributed by atoms with Crippen LogP contribution in [0.25, 0.3) is 0 Å². The lowest BCUT2D eigenvalue weighted by Gasteiger charge is -2.28. The number of nitrogens with zero attached hydrogens (tertiary/aromatic N) is 2. The molecule has 0 spiro atoms. The number of carbonyl (C=O) groups is 1. The molecule has 0 aromatic rings. The first-order valence-electron chi connectivity index (χ1n) is 6.12. The zero-order valence-electron chi connectivity index (χ0n) is 11.1. The van der Waals surface area contributed by atoms with Gasteiger partial charge in [0.2, 0.25) is 0 Å². The van der Waals surface area contributed by atoms with E-state index in [9.17, 15) is 4.79 Å². The van der Waals surface area contributed by atoms with Crippen LogP contribution >= 0.6 is 0 Å². The predicted octanol–water partition coefficient (Wildman–Crippen LogP) is 2.17. The summed E-state index contributed by atoms with van der Waals surface area (Å²) in [4.78, 5) is 17.1. The van der Waals surface area contributed by atoms with E-state index in [-0.39, 0.29) is 5.71 Å². The normalized spacial score (nSPS) is 15.7. The highest BCUT2D eigenvalue weighted by Crippen LogP contribution is 2.16. The second kappa shape index (κ2) is 5.96. The second-order valence-electron chi connectivity index (χ2n) is 5.26. The minimum Gasteiger partial charge on any atom is -0.477 e. The lowest BCUT2D eigenvalue weighted by atomic mass is 10.1. The molecule has 96 valence electrons. The molecule has 0 aromatic carbocycles. The summed E-state index contributed by atoms with van der Waals surface area (Å²) >= 11 is 0. The molecule has 0 aromatic heterocycles. The van der Waals surface area contributed by atoms with Crippen molar-refractivity contribution < 1.29 is 9.90 Å². The lowest BCUT2D eigenvalue weighted by molar-refractivity contribution is -0.129. The van der Waals surface area contributed by atoms with E-state index in [0.29, 0.717) is 18.4 Å². The van der Waals surface area contributed by atoms with Gasteiger partial charge in [-0.25, -0.2) is 4.79 Å². The molecule has 4 heteroatoms. The molecule has 1 aliphatic rings. The topological polar surface area (TPSA) is 52.9 Å². The quantitative estimate of drug-likeness (QED) is 0.771. The van der Waals surface area contributed by atoms with Gasteiger partial charge in [0.25, 0.3) is 0 Å². The van der Waals surface area contributed by atoms with Crippen molar-refractivity contribution >= 4 is 11.7 Å². The number of carboxylic acid groups (broad SMARTS) is 1. The maximum absolute atomic E-state index is 10.8. The highest BCUT2D eigenvalue weighted by Gasteiger charge is 2.20. The average molecular weight is 238 g/mol. The molecule has 0 saturated carbocycles. The van der Waals surface area contributed by atoms with Crippen LogP contribution in [0.15, 0.2) is 16.8 Å². The van der Waals surface area contributed by atoms with E-state index < -0.39 is 5.97 Å². The van der Waals surface area contributed by atoms with E-state index in [0.717, 1.165) is 18.7 Å². The fourth-order valence-corrected chi connectivity index (χ4v) is 1.89. The first kappa shape index (κ1) is 13.9. The maximum Gasteiger partial charge on any atom is 0.350 e. The van der Waals surface area contributed by atoms with Gasteiger partial charge in [0.1, 0.15) is 5.71 Å². The number of aliphatic carboxylic acids is 1. The van der Waals surface area contributed by atoms with Crippen LogP contribution in [0.2, 0.25) is 0 Å². The predicted molar refractivity (Wildman–Crippen MR) is 69.3 cm³/mol. The Balaban J connectivity index is 2.51. The highest BCUT2D eigenvalue weighted by molar-refractivity contribution is 6.36. The van der Waals surface area contributed by atoms with Gasteiger partial charge in [0.05, 0.1) is 0 Å². The van der Waals surface area contributed by atoms with Gasteiger partial charge in [-0.3, -0.25) is 9.89 Å². The van der Waals surface area contributed by atoms with Gasteiger partial charge in [-0.05, 0) is 25.3 Å². The molecule has 17 heavy (non-hydrogen) atoms. The van der Waals surface area contributed by atoms with Gasteiger partial charge >= 0.3 is 5.97 Å². The molecule has 4 nitrogen and oxygen atoms in total. The van der Waals surface area contributed by atoms with Crippen molar-refractivity contribution in [3.05, 3.63) is 11.8 Å². The molecule has 1 heterocycles. The molecule has 1 N–H and O–H groups in total. The van der Waals surface area contributed by atoms with E-state index in [4.69, 9.17) is 5.11 Å². The summed E-state index contributed by atoms with van der Waals surface area (Å²) in [6, 6.07) is 0.465. The van der Waals surface area contributed by atoms with Crippen LogP contribution in [0.5, 0.6) is 0 Å². The highest BCUT2D eigenvalue weighted by atomic mass is 16.4. The van der Waals surface area contributed by atoms with Crippen molar-refractivity contribution in [2.75, 3.05) is 13.1 Å². The van der Waals surface area contributed by atoms with E-state index in [1.807, 2.05) is 0 Å². The Morgan fingerprint density at radius 2 is 2.12 bits per heavy atom. The molecule has 0 saturated heterocycles. The number of aliphatic imine (C=N–C) groups is 1. The van der Waals surface area contributed by atoms with Gasteiger partial charge in [-0.2, -0.15) is 0 Å². The van der Waals surface area contributed by atoms with Gasteiger partial charge in [0.15, 0.2) is 0 Å². The second-order valence-corrected chi connectivity index (χ2v) is 5.26. The van der Waals surface area contributed by atoms with Crippen LogP contribution in [0.1, 0.15) is 34.1 Å². The van der Waals surface area contributed by atoms with Crippen molar-refractivity contribution in [2.45, 2.75) is 40.2 Å². The Hall–Kier alpha value is -1.16. The standard InChI is InChI=1S/C13H22N2O2/c1-9(2)7-15(10(3)4)8-11-5-12(13(16)17)14-6-11/h6,9-10H,5,7-8H2,1-4H3,(H,16,17). The summed E-state index contributed by atoms with van der Waals surface area (Å²) < 4.78 is 0. The van der Waals surface area contributed by atoms with E-state index in [1.54, 1.807) is 6.20 Å². The summed E-state index contributed by atoms with van der Waals surface area (Å²) in [7, 11) is 0. The van der Waals surface area contributed by atoms with Crippen molar-refractivity contribution in [1.29, 1.82) is 0 Å². The van der Waals surface area contributed by atoms with E-state index in [1.165, 1.54) is 0 Å².